The zero-order valence-electron chi connectivity index (χ0n) is 15.1. The lowest BCUT2D eigenvalue weighted by Gasteiger charge is -2.18. The fourth-order valence-corrected chi connectivity index (χ4v) is 4.07. The van der Waals surface area contributed by atoms with Crippen molar-refractivity contribution in [3.8, 4) is 22.9 Å². The summed E-state index contributed by atoms with van der Waals surface area (Å²) in [7, 11) is 0. The molecule has 0 N–H and O–H groups in total. The molecule has 0 amide bonds. The van der Waals surface area contributed by atoms with Gasteiger partial charge >= 0.3 is 0 Å². The van der Waals surface area contributed by atoms with E-state index in [2.05, 4.69) is 19.7 Å². The van der Waals surface area contributed by atoms with E-state index in [-0.39, 0.29) is 5.78 Å². The molecule has 0 atom stereocenters. The van der Waals surface area contributed by atoms with Crippen LogP contribution in [-0.4, -0.2) is 44.5 Å². The topological polar surface area (TPSA) is 79.1 Å². The minimum atomic E-state index is 0.0257. The third-order valence-corrected chi connectivity index (χ3v) is 5.65. The van der Waals surface area contributed by atoms with Crippen LogP contribution in [0.1, 0.15) is 29.2 Å². The van der Waals surface area contributed by atoms with Crippen molar-refractivity contribution in [1.82, 2.24) is 19.7 Å². The number of aromatic nitrogens is 4. The Morgan fingerprint density at radius 1 is 1.07 bits per heavy atom. The van der Waals surface area contributed by atoms with E-state index < -0.39 is 0 Å². The lowest BCUT2D eigenvalue weighted by atomic mass is 10.1. The Hall–Kier alpha value is -2.87. The summed E-state index contributed by atoms with van der Waals surface area (Å²) in [5.41, 5.74) is 1.60. The van der Waals surface area contributed by atoms with Gasteiger partial charge in [-0.1, -0.05) is 11.8 Å². The summed E-state index contributed by atoms with van der Waals surface area (Å²) in [5.74, 6) is 2.46. The van der Waals surface area contributed by atoms with Crippen LogP contribution in [0.4, 0.5) is 0 Å². The third-order valence-electron chi connectivity index (χ3n) is 4.71. The Kier molecular flexibility index (Phi) is 4.48. The normalized spacial score (nSPS) is 15.4. The lowest BCUT2D eigenvalue weighted by Crippen LogP contribution is -2.16. The predicted octanol–water partition coefficient (Wildman–Crippen LogP) is 3.42. The maximum absolute atomic E-state index is 12.7. The molecule has 7 nitrogen and oxygen atoms in total. The second-order valence-corrected chi connectivity index (χ2v) is 7.66. The van der Waals surface area contributed by atoms with Gasteiger partial charge in [-0.3, -0.25) is 14.3 Å². The highest BCUT2D eigenvalue weighted by Gasteiger charge is 2.30. The maximum atomic E-state index is 12.7. The van der Waals surface area contributed by atoms with E-state index in [1.54, 1.807) is 30.6 Å². The van der Waals surface area contributed by atoms with Gasteiger partial charge in [-0.2, -0.15) is 0 Å². The van der Waals surface area contributed by atoms with Gasteiger partial charge in [0.15, 0.2) is 28.3 Å². The van der Waals surface area contributed by atoms with E-state index in [0.29, 0.717) is 42.1 Å². The Morgan fingerprint density at radius 2 is 1.86 bits per heavy atom. The molecule has 1 aliphatic carbocycles. The lowest BCUT2D eigenvalue weighted by molar-refractivity contribution is 0.102. The molecule has 2 aromatic heterocycles. The van der Waals surface area contributed by atoms with E-state index in [4.69, 9.17) is 9.47 Å². The Bertz CT molecular complexity index is 1020. The van der Waals surface area contributed by atoms with Crippen molar-refractivity contribution in [2.24, 2.45) is 0 Å². The van der Waals surface area contributed by atoms with Crippen molar-refractivity contribution in [3.63, 3.8) is 0 Å². The molecular formula is C20H18N4O3S. The summed E-state index contributed by atoms with van der Waals surface area (Å²) >= 11 is 1.42. The van der Waals surface area contributed by atoms with Crippen LogP contribution in [0.5, 0.6) is 11.5 Å². The Balaban J connectivity index is 1.34. The van der Waals surface area contributed by atoms with Crippen LogP contribution >= 0.6 is 11.8 Å². The summed E-state index contributed by atoms with van der Waals surface area (Å²) < 4.78 is 13.2. The average molecular weight is 394 g/mol. The van der Waals surface area contributed by atoms with Gasteiger partial charge in [-0.25, -0.2) is 0 Å². The number of carbonyl (C=O) groups excluding carboxylic acids is 1. The van der Waals surface area contributed by atoms with E-state index in [0.717, 1.165) is 29.4 Å². The van der Waals surface area contributed by atoms with Crippen LogP contribution in [-0.2, 0) is 0 Å². The first-order valence-electron chi connectivity index (χ1n) is 9.20. The number of ether oxygens (including phenoxy) is 2. The van der Waals surface area contributed by atoms with Gasteiger partial charge in [0.1, 0.15) is 13.2 Å². The summed E-state index contributed by atoms with van der Waals surface area (Å²) in [5, 5.41) is 9.50. The van der Waals surface area contributed by atoms with Crippen LogP contribution in [0, 0.1) is 0 Å². The number of pyridine rings is 1. The van der Waals surface area contributed by atoms with Gasteiger partial charge in [0.05, 0.1) is 5.75 Å². The number of hydrogen-bond donors (Lipinski definition) is 0. The van der Waals surface area contributed by atoms with Crippen LogP contribution in [0.15, 0.2) is 47.9 Å². The van der Waals surface area contributed by atoms with Crippen LogP contribution < -0.4 is 9.47 Å². The molecule has 1 aliphatic heterocycles. The number of rotatable bonds is 6. The van der Waals surface area contributed by atoms with Crippen molar-refractivity contribution < 1.29 is 14.3 Å². The molecule has 5 rings (SSSR count). The van der Waals surface area contributed by atoms with Crippen molar-refractivity contribution in [2.75, 3.05) is 19.0 Å². The molecule has 0 unspecified atom stereocenters. The highest BCUT2D eigenvalue weighted by atomic mass is 32.2. The van der Waals surface area contributed by atoms with Crippen molar-refractivity contribution in [2.45, 2.75) is 24.0 Å². The quantitative estimate of drug-likeness (QED) is 0.468. The monoisotopic (exact) mass is 394 g/mol. The van der Waals surface area contributed by atoms with Gasteiger partial charge in [0.2, 0.25) is 0 Å². The smallest absolute Gasteiger partial charge is 0.192 e. The fourth-order valence-electron chi connectivity index (χ4n) is 3.17. The van der Waals surface area contributed by atoms with E-state index in [9.17, 15) is 4.79 Å². The highest BCUT2D eigenvalue weighted by Crippen LogP contribution is 2.41. The Morgan fingerprint density at radius 3 is 2.64 bits per heavy atom. The number of fused-ring (bicyclic) bond motifs is 1. The zero-order chi connectivity index (χ0) is 18.9. The van der Waals surface area contributed by atoms with E-state index in [1.807, 2.05) is 12.1 Å². The minimum Gasteiger partial charge on any atom is -0.486 e. The molecule has 8 heteroatoms. The van der Waals surface area contributed by atoms with Crippen LogP contribution in [0.25, 0.3) is 11.4 Å². The number of benzene rings is 1. The molecule has 1 saturated carbocycles. The third kappa shape index (κ3) is 3.35. The molecule has 0 radical (unpaired) electrons. The molecule has 28 heavy (non-hydrogen) atoms. The molecule has 0 saturated heterocycles. The summed E-state index contributed by atoms with van der Waals surface area (Å²) in [6, 6.07) is 9.59. The average Bonchev–Trinajstić information content (AvgIpc) is 3.51. The molecule has 0 bridgehead atoms. The predicted molar refractivity (Wildman–Crippen MR) is 104 cm³/mol. The second kappa shape index (κ2) is 7.27. The van der Waals surface area contributed by atoms with Crippen LogP contribution in [0.3, 0.4) is 0 Å². The largest absolute Gasteiger partial charge is 0.486 e. The summed E-state index contributed by atoms with van der Waals surface area (Å²) in [4.78, 5) is 16.8. The van der Waals surface area contributed by atoms with Crippen molar-refractivity contribution in [3.05, 3.63) is 48.3 Å². The first-order valence-corrected chi connectivity index (χ1v) is 10.2. The SMILES string of the molecule is O=C(CSc1nnc(-c2ccncc2)n1C1CC1)c1ccc2c(c1)OCCO2. The number of ketones is 1. The molecule has 3 aromatic rings. The molecule has 2 aliphatic rings. The van der Waals surface area contributed by atoms with Gasteiger partial charge in [-0.05, 0) is 43.2 Å². The maximum Gasteiger partial charge on any atom is 0.192 e. The molecule has 3 heterocycles. The molecule has 0 spiro atoms. The second-order valence-electron chi connectivity index (χ2n) is 6.71. The van der Waals surface area contributed by atoms with Crippen molar-refractivity contribution >= 4 is 17.5 Å². The van der Waals surface area contributed by atoms with E-state index >= 15 is 0 Å². The van der Waals surface area contributed by atoms with Gasteiger partial charge in [0, 0.05) is 29.6 Å². The summed E-state index contributed by atoms with van der Waals surface area (Å²) in [6.07, 6.45) is 5.72. The first kappa shape index (κ1) is 17.2. The number of hydrogen-bond acceptors (Lipinski definition) is 7. The fraction of sp³-hybridized carbons (Fsp3) is 0.300. The van der Waals surface area contributed by atoms with Gasteiger partial charge in [-0.15, -0.1) is 10.2 Å². The number of carbonyl (C=O) groups is 1. The number of Topliss-reactive ketones (excluding diaryl/α,β-unsaturated/α-hetero) is 1. The highest BCUT2D eigenvalue weighted by molar-refractivity contribution is 7.99. The first-order chi connectivity index (χ1) is 13.8. The van der Waals surface area contributed by atoms with Crippen molar-refractivity contribution in [1.29, 1.82) is 0 Å². The standard InChI is InChI=1S/C20H18N4O3S/c25-16(14-1-4-17-18(11-14)27-10-9-26-17)12-28-20-23-22-19(24(20)15-2-3-15)13-5-7-21-8-6-13/h1,4-8,11,15H,2-3,9-10,12H2. The molecule has 1 fully saturated rings. The van der Waals surface area contributed by atoms with E-state index in [1.165, 1.54) is 11.8 Å². The van der Waals surface area contributed by atoms with Gasteiger partial charge in [0.25, 0.3) is 0 Å². The minimum absolute atomic E-state index is 0.0257. The molecule has 142 valence electrons. The van der Waals surface area contributed by atoms with Gasteiger partial charge < -0.3 is 9.47 Å². The number of thioether (sulfide) groups is 1. The summed E-state index contributed by atoms with van der Waals surface area (Å²) in [6.45, 7) is 1.04. The number of nitrogens with zero attached hydrogens (tertiary/aromatic N) is 4. The van der Waals surface area contributed by atoms with Crippen LogP contribution in [0.2, 0.25) is 0 Å². The molecular weight excluding hydrogens is 376 g/mol. The molecule has 1 aromatic carbocycles. The zero-order valence-corrected chi connectivity index (χ0v) is 15.9. The Labute approximate surface area is 166 Å².